The Kier molecular flexibility index (Phi) is 7.86. The summed E-state index contributed by atoms with van der Waals surface area (Å²) in [5.74, 6) is -3.32. The van der Waals surface area contributed by atoms with Crippen LogP contribution in [0.1, 0.15) is 28.4 Å². The Labute approximate surface area is 241 Å². The first-order chi connectivity index (χ1) is 20.1. The highest BCUT2D eigenvalue weighted by atomic mass is 32.2. The molecule has 2 aromatic heterocycles. The molecule has 8 nitrogen and oxygen atoms in total. The first-order valence-corrected chi connectivity index (χ1v) is 14.4. The molecule has 11 heteroatoms. The fraction of sp³-hybridized carbons (Fsp3) is 0.129. The largest absolute Gasteiger partial charge is 0.478 e. The van der Waals surface area contributed by atoms with E-state index in [2.05, 4.69) is 4.98 Å². The fourth-order valence-corrected chi connectivity index (χ4v) is 6.37. The van der Waals surface area contributed by atoms with E-state index in [9.17, 15) is 27.1 Å². The maximum absolute atomic E-state index is 14.9. The maximum Gasteiger partial charge on any atom is 0.336 e. The van der Waals surface area contributed by atoms with Crippen molar-refractivity contribution in [2.75, 3.05) is 4.31 Å². The number of halogens is 2. The van der Waals surface area contributed by atoms with E-state index in [-0.39, 0.29) is 16.8 Å². The lowest BCUT2D eigenvalue weighted by molar-refractivity contribution is 0.0695. The lowest BCUT2D eigenvalue weighted by atomic mass is 9.98. The van der Waals surface area contributed by atoms with Gasteiger partial charge < -0.3 is 5.11 Å². The Balaban J connectivity index is 1.74. The van der Waals surface area contributed by atoms with Crippen LogP contribution in [-0.2, 0) is 23.1 Å². The van der Waals surface area contributed by atoms with Crippen molar-refractivity contribution in [2.45, 2.75) is 31.8 Å². The maximum atomic E-state index is 14.9. The molecule has 0 atom stereocenters. The van der Waals surface area contributed by atoms with Gasteiger partial charge in [0.1, 0.15) is 22.2 Å². The summed E-state index contributed by atoms with van der Waals surface area (Å²) in [4.78, 5) is 15.2. The van der Waals surface area contributed by atoms with E-state index in [1.165, 1.54) is 18.2 Å². The number of aromatic carboxylic acids is 1. The van der Waals surface area contributed by atoms with Crippen molar-refractivity contribution < 1.29 is 27.1 Å². The van der Waals surface area contributed by atoms with Gasteiger partial charge in [-0.15, -0.1) is 0 Å². The van der Waals surface area contributed by atoms with Crippen LogP contribution in [0.15, 0.2) is 96.3 Å². The van der Waals surface area contributed by atoms with E-state index < -0.39 is 39.1 Å². The number of nitrogens with zero attached hydrogens (tertiary/aromatic N) is 4. The predicted octanol–water partition coefficient (Wildman–Crippen LogP) is 6.31. The number of hydrogen-bond donors (Lipinski definition) is 1. The van der Waals surface area contributed by atoms with Crippen molar-refractivity contribution in [3.63, 3.8) is 0 Å². The fourth-order valence-electron chi connectivity index (χ4n) is 4.79. The van der Waals surface area contributed by atoms with Crippen molar-refractivity contribution >= 4 is 21.7 Å². The molecular weight excluding hydrogens is 562 g/mol. The van der Waals surface area contributed by atoms with Gasteiger partial charge in [0, 0.05) is 36.3 Å². The van der Waals surface area contributed by atoms with Gasteiger partial charge in [0.05, 0.1) is 17.8 Å². The number of carbonyl (C=O) groups is 1. The van der Waals surface area contributed by atoms with E-state index in [0.717, 1.165) is 27.6 Å². The Morgan fingerprint density at radius 2 is 1.71 bits per heavy atom. The van der Waals surface area contributed by atoms with Gasteiger partial charge >= 0.3 is 5.97 Å². The van der Waals surface area contributed by atoms with Gasteiger partial charge in [0.15, 0.2) is 0 Å². The number of carboxylic acid groups (broad SMARTS) is 1. The van der Waals surface area contributed by atoms with Crippen molar-refractivity contribution in [3.05, 3.63) is 120 Å². The molecule has 0 amide bonds. The van der Waals surface area contributed by atoms with Crippen LogP contribution in [-0.4, -0.2) is 34.3 Å². The highest BCUT2D eigenvalue weighted by molar-refractivity contribution is 7.92. The molecule has 0 aliphatic rings. The first kappa shape index (κ1) is 28.6. The zero-order valence-corrected chi connectivity index (χ0v) is 23.5. The van der Waals surface area contributed by atoms with E-state index in [1.807, 2.05) is 25.3 Å². The van der Waals surface area contributed by atoms with E-state index >= 15 is 0 Å². The van der Waals surface area contributed by atoms with Gasteiger partial charge in [0.2, 0.25) is 0 Å². The summed E-state index contributed by atoms with van der Waals surface area (Å²) < 4.78 is 60.0. The molecular formula is C31H26F2N4O4S. The molecule has 0 aliphatic carbocycles. The summed E-state index contributed by atoms with van der Waals surface area (Å²) in [6.45, 7) is 3.78. The van der Waals surface area contributed by atoms with Crippen LogP contribution < -0.4 is 4.31 Å². The lowest BCUT2D eigenvalue weighted by Crippen LogP contribution is -2.32. The minimum absolute atomic E-state index is 0.118. The van der Waals surface area contributed by atoms with Crippen LogP contribution in [0.5, 0.6) is 0 Å². The molecule has 0 bridgehead atoms. The Bertz CT molecular complexity index is 1890. The molecule has 42 heavy (non-hydrogen) atoms. The Morgan fingerprint density at radius 1 is 0.976 bits per heavy atom. The average Bonchev–Trinajstić information content (AvgIpc) is 3.42. The predicted molar refractivity (Wildman–Crippen MR) is 154 cm³/mol. The van der Waals surface area contributed by atoms with Crippen LogP contribution >= 0.6 is 0 Å². The number of sulfonamides is 1. The molecule has 0 radical (unpaired) electrons. The molecule has 0 saturated carbocycles. The monoisotopic (exact) mass is 588 g/mol. The minimum atomic E-state index is -4.74. The third kappa shape index (κ3) is 5.38. The number of aryl methyl sites for hydroxylation is 1. The smallest absolute Gasteiger partial charge is 0.336 e. The zero-order valence-electron chi connectivity index (χ0n) is 22.7. The van der Waals surface area contributed by atoms with Crippen LogP contribution in [0.2, 0.25) is 0 Å². The first-order valence-electron chi connectivity index (χ1n) is 13.0. The molecule has 5 aromatic rings. The molecule has 1 N–H and O–H groups in total. The Hall–Kier alpha value is -4.90. The number of anilines is 1. The number of carboxylic acids is 1. The molecule has 0 saturated heterocycles. The standard InChI is InChI=1S/C31H26F2N4O4S/c1-3-36-19-26(21-13-15-34-16-14-21)30(35-36)24-9-6-10-28(20(24)2)37(18-22-7-4-5-8-25(22)31(38)39)42(40,41)29-17-23(32)11-12-27(29)33/h4-17,19H,3,18H2,1-2H3,(H,38,39). The van der Waals surface area contributed by atoms with Crippen molar-refractivity contribution in [3.8, 4) is 22.4 Å². The van der Waals surface area contributed by atoms with Crippen molar-refractivity contribution in [1.82, 2.24) is 14.8 Å². The molecule has 2 heterocycles. The summed E-state index contributed by atoms with van der Waals surface area (Å²) in [5, 5.41) is 14.5. The second-order valence-corrected chi connectivity index (χ2v) is 11.3. The molecule has 214 valence electrons. The molecule has 0 spiro atoms. The second kappa shape index (κ2) is 11.5. The molecule has 0 unspecified atom stereocenters. The van der Waals surface area contributed by atoms with Gasteiger partial charge in [-0.3, -0.25) is 14.0 Å². The molecule has 5 rings (SSSR count). The van der Waals surface area contributed by atoms with Crippen molar-refractivity contribution in [2.24, 2.45) is 0 Å². The summed E-state index contributed by atoms with van der Waals surface area (Å²) in [5.41, 5.74) is 3.54. The molecule has 0 fully saturated rings. The third-order valence-corrected chi connectivity index (χ3v) is 8.70. The number of hydrogen-bond acceptors (Lipinski definition) is 5. The number of benzene rings is 3. The van der Waals surface area contributed by atoms with Crippen LogP contribution in [0.3, 0.4) is 0 Å². The van der Waals surface area contributed by atoms with E-state index in [4.69, 9.17) is 5.10 Å². The van der Waals surface area contributed by atoms with E-state index in [0.29, 0.717) is 29.4 Å². The average molecular weight is 589 g/mol. The van der Waals surface area contributed by atoms with Gasteiger partial charge in [-0.2, -0.15) is 5.10 Å². The molecule has 0 aliphatic heterocycles. The quantitative estimate of drug-likeness (QED) is 0.216. The van der Waals surface area contributed by atoms with E-state index in [1.54, 1.807) is 48.3 Å². The lowest BCUT2D eigenvalue weighted by Gasteiger charge is -2.28. The van der Waals surface area contributed by atoms with Crippen LogP contribution in [0.4, 0.5) is 14.5 Å². The van der Waals surface area contributed by atoms with Gasteiger partial charge in [-0.1, -0.05) is 30.3 Å². The van der Waals surface area contributed by atoms with Crippen LogP contribution in [0, 0.1) is 18.6 Å². The zero-order chi connectivity index (χ0) is 30.0. The Morgan fingerprint density at radius 3 is 2.43 bits per heavy atom. The SMILES string of the molecule is CCn1cc(-c2ccncc2)c(-c2cccc(N(Cc3ccccc3C(=O)O)S(=O)(=O)c3cc(F)ccc3F)c2C)n1. The second-order valence-electron chi connectivity index (χ2n) is 9.48. The summed E-state index contributed by atoms with van der Waals surface area (Å²) in [6.07, 6.45) is 5.21. The number of aromatic nitrogens is 3. The molecule has 3 aromatic carbocycles. The highest BCUT2D eigenvalue weighted by Gasteiger charge is 2.31. The minimum Gasteiger partial charge on any atom is -0.478 e. The summed E-state index contributed by atoms with van der Waals surface area (Å²) >= 11 is 0. The van der Waals surface area contributed by atoms with Crippen LogP contribution in [0.25, 0.3) is 22.4 Å². The summed E-state index contributed by atoms with van der Waals surface area (Å²) in [6, 6.07) is 16.8. The number of pyridine rings is 1. The topological polar surface area (TPSA) is 105 Å². The number of rotatable bonds is 9. The van der Waals surface area contributed by atoms with Gasteiger partial charge in [0.25, 0.3) is 10.0 Å². The van der Waals surface area contributed by atoms with Gasteiger partial charge in [-0.25, -0.2) is 22.0 Å². The van der Waals surface area contributed by atoms with Gasteiger partial charge in [-0.05, 0) is 73.0 Å². The highest BCUT2D eigenvalue weighted by Crippen LogP contribution is 2.38. The van der Waals surface area contributed by atoms with Crippen molar-refractivity contribution in [1.29, 1.82) is 0 Å². The normalized spacial score (nSPS) is 11.4. The third-order valence-electron chi connectivity index (χ3n) is 6.93. The summed E-state index contributed by atoms with van der Waals surface area (Å²) in [7, 11) is -4.74.